The molecule has 0 saturated carbocycles. The van der Waals surface area contributed by atoms with Crippen molar-refractivity contribution >= 4 is 33.0 Å². The molecule has 4 aromatic carbocycles. The molecule has 0 amide bonds. The highest BCUT2D eigenvalue weighted by atomic mass is 16.3. The number of rotatable bonds is 6. The predicted octanol–water partition coefficient (Wildman–Crippen LogP) is 10.6. The summed E-state index contributed by atoms with van der Waals surface area (Å²) in [6.07, 6.45) is 1.94. The SMILES string of the molecule is Cc1cc2oc3c(-c4nc5ccccc5n4Cc4c(C(C)C)cc(-c5ccccc5)cc4C(C)C)ccc(C)c3c2cn1. The van der Waals surface area contributed by atoms with Crippen LogP contribution in [0.3, 0.4) is 0 Å². The number of benzene rings is 4. The number of pyridine rings is 1. The molecule has 0 saturated heterocycles. The molecule has 0 aliphatic rings. The minimum absolute atomic E-state index is 0.367. The van der Waals surface area contributed by atoms with Crippen LogP contribution in [0.25, 0.3) is 55.5 Å². The van der Waals surface area contributed by atoms with Crippen molar-refractivity contribution < 1.29 is 4.42 Å². The van der Waals surface area contributed by atoms with Crippen molar-refractivity contribution in [3.05, 3.63) is 119 Å². The zero-order chi connectivity index (χ0) is 29.8. The van der Waals surface area contributed by atoms with E-state index < -0.39 is 0 Å². The second-order valence-corrected chi connectivity index (χ2v) is 12.4. The molecule has 4 nitrogen and oxygen atoms in total. The average Bonchev–Trinajstić information content (AvgIpc) is 3.56. The maximum atomic E-state index is 6.60. The summed E-state index contributed by atoms with van der Waals surface area (Å²) in [6.45, 7) is 14.1. The number of hydrogen-bond donors (Lipinski definition) is 0. The minimum Gasteiger partial charge on any atom is -0.455 e. The first-order valence-electron chi connectivity index (χ1n) is 15.3. The Kier molecular flexibility index (Phi) is 6.65. The Balaban J connectivity index is 1.48. The van der Waals surface area contributed by atoms with Gasteiger partial charge in [-0.15, -0.1) is 0 Å². The van der Waals surface area contributed by atoms with Crippen LogP contribution < -0.4 is 0 Å². The third-order valence-corrected chi connectivity index (χ3v) is 8.73. The lowest BCUT2D eigenvalue weighted by molar-refractivity contribution is 0.667. The number of nitrogens with zero attached hydrogens (tertiary/aromatic N) is 3. The first-order chi connectivity index (χ1) is 20.8. The number of furan rings is 1. The molecule has 0 radical (unpaired) electrons. The van der Waals surface area contributed by atoms with Gasteiger partial charge in [0.15, 0.2) is 0 Å². The topological polar surface area (TPSA) is 43.9 Å². The predicted molar refractivity (Wildman–Crippen MR) is 179 cm³/mol. The van der Waals surface area contributed by atoms with Gasteiger partial charge in [0, 0.05) is 28.7 Å². The highest BCUT2D eigenvalue weighted by Gasteiger charge is 2.23. The number of hydrogen-bond acceptors (Lipinski definition) is 3. The standard InChI is InChI=1S/C39H37N3O/c1-23(2)30-19-28(27-12-8-7-9-13-27)20-31(24(3)4)33(30)22-42-35-15-11-10-14-34(35)41-39(42)29-17-16-25(5)37-32-21-40-26(6)18-36(32)43-38(29)37/h7-21,23-24H,22H2,1-6H3. The van der Waals surface area contributed by atoms with Crippen LogP contribution in [-0.4, -0.2) is 14.5 Å². The second kappa shape index (κ2) is 10.5. The Hall–Kier alpha value is -4.70. The molecule has 0 N–H and O–H groups in total. The van der Waals surface area contributed by atoms with Crippen molar-refractivity contribution in [1.29, 1.82) is 0 Å². The second-order valence-electron chi connectivity index (χ2n) is 12.4. The summed E-state index contributed by atoms with van der Waals surface area (Å²) < 4.78 is 8.99. The maximum Gasteiger partial charge on any atom is 0.146 e. The zero-order valence-electron chi connectivity index (χ0n) is 25.8. The molecule has 3 heterocycles. The number of imidazole rings is 1. The van der Waals surface area contributed by atoms with Gasteiger partial charge in [0.1, 0.15) is 17.0 Å². The van der Waals surface area contributed by atoms with E-state index in [0.29, 0.717) is 11.8 Å². The Morgan fingerprint density at radius 2 is 1.47 bits per heavy atom. The highest BCUT2D eigenvalue weighted by molar-refractivity contribution is 6.10. The van der Waals surface area contributed by atoms with Crippen LogP contribution in [0.1, 0.15) is 67.5 Å². The third-order valence-electron chi connectivity index (χ3n) is 8.73. The molecular formula is C39H37N3O. The fourth-order valence-corrected chi connectivity index (χ4v) is 6.54. The molecule has 4 heteroatoms. The van der Waals surface area contributed by atoms with Crippen LogP contribution >= 0.6 is 0 Å². The number of fused-ring (bicyclic) bond motifs is 4. The van der Waals surface area contributed by atoms with Gasteiger partial charge >= 0.3 is 0 Å². The van der Waals surface area contributed by atoms with E-state index in [2.05, 4.69) is 123 Å². The van der Waals surface area contributed by atoms with Crippen molar-refractivity contribution in [3.8, 4) is 22.5 Å². The molecule has 7 aromatic rings. The Morgan fingerprint density at radius 3 is 2.19 bits per heavy atom. The number of aryl methyl sites for hydroxylation is 2. The molecule has 214 valence electrons. The Labute approximate surface area is 253 Å². The summed E-state index contributed by atoms with van der Waals surface area (Å²) >= 11 is 0. The van der Waals surface area contributed by atoms with E-state index in [-0.39, 0.29) is 0 Å². The molecule has 3 aromatic heterocycles. The zero-order valence-corrected chi connectivity index (χ0v) is 25.8. The van der Waals surface area contributed by atoms with Crippen molar-refractivity contribution in [1.82, 2.24) is 14.5 Å². The van der Waals surface area contributed by atoms with E-state index in [9.17, 15) is 0 Å². The summed E-state index contributed by atoms with van der Waals surface area (Å²) in [7, 11) is 0. The van der Waals surface area contributed by atoms with Gasteiger partial charge in [-0.2, -0.15) is 0 Å². The van der Waals surface area contributed by atoms with Crippen LogP contribution in [0.5, 0.6) is 0 Å². The summed E-state index contributed by atoms with van der Waals surface area (Å²) in [5.41, 5.74) is 13.6. The van der Waals surface area contributed by atoms with Crippen molar-refractivity contribution in [2.75, 3.05) is 0 Å². The molecule has 0 atom stereocenters. The van der Waals surface area contributed by atoms with Crippen molar-refractivity contribution in [3.63, 3.8) is 0 Å². The molecule has 0 fully saturated rings. The Bertz CT molecular complexity index is 2100. The fourth-order valence-electron chi connectivity index (χ4n) is 6.54. The van der Waals surface area contributed by atoms with Gasteiger partial charge in [-0.1, -0.05) is 88.4 Å². The summed E-state index contributed by atoms with van der Waals surface area (Å²) in [5, 5.41) is 2.15. The number of para-hydroxylation sites is 2. The lowest BCUT2D eigenvalue weighted by atomic mass is 9.85. The van der Waals surface area contributed by atoms with Gasteiger partial charge in [-0.05, 0) is 77.3 Å². The molecule has 0 spiro atoms. The first-order valence-corrected chi connectivity index (χ1v) is 15.3. The van der Waals surface area contributed by atoms with Crippen LogP contribution in [0.15, 0.2) is 95.5 Å². The Morgan fingerprint density at radius 1 is 0.767 bits per heavy atom. The van der Waals surface area contributed by atoms with E-state index in [0.717, 1.165) is 56.6 Å². The van der Waals surface area contributed by atoms with Crippen molar-refractivity contribution in [2.45, 2.75) is 59.9 Å². The average molecular weight is 564 g/mol. The van der Waals surface area contributed by atoms with Gasteiger partial charge in [-0.3, -0.25) is 4.98 Å². The van der Waals surface area contributed by atoms with Crippen LogP contribution in [0.2, 0.25) is 0 Å². The van der Waals surface area contributed by atoms with Gasteiger partial charge < -0.3 is 8.98 Å². The largest absolute Gasteiger partial charge is 0.455 e. The van der Waals surface area contributed by atoms with Crippen LogP contribution in [0, 0.1) is 13.8 Å². The quantitative estimate of drug-likeness (QED) is 0.202. The van der Waals surface area contributed by atoms with E-state index >= 15 is 0 Å². The van der Waals surface area contributed by atoms with Crippen LogP contribution in [0.4, 0.5) is 0 Å². The third kappa shape index (κ3) is 4.62. The minimum atomic E-state index is 0.367. The lowest BCUT2D eigenvalue weighted by Crippen LogP contribution is -2.11. The molecule has 0 unspecified atom stereocenters. The fraction of sp³-hybridized carbons (Fsp3) is 0.231. The lowest BCUT2D eigenvalue weighted by Gasteiger charge is -2.23. The molecule has 0 bridgehead atoms. The molecule has 0 aliphatic carbocycles. The van der Waals surface area contributed by atoms with E-state index in [1.807, 2.05) is 19.2 Å². The molecule has 7 rings (SSSR count). The first kappa shape index (κ1) is 27.2. The van der Waals surface area contributed by atoms with E-state index in [1.165, 1.54) is 33.4 Å². The van der Waals surface area contributed by atoms with E-state index in [4.69, 9.17) is 9.40 Å². The van der Waals surface area contributed by atoms with E-state index in [1.54, 1.807) is 0 Å². The molecule has 0 aliphatic heterocycles. The summed E-state index contributed by atoms with van der Waals surface area (Å²) in [6, 6.07) is 30.4. The van der Waals surface area contributed by atoms with Gasteiger partial charge in [0.05, 0.1) is 23.1 Å². The molecular weight excluding hydrogens is 526 g/mol. The van der Waals surface area contributed by atoms with Gasteiger partial charge in [-0.25, -0.2) is 4.98 Å². The normalized spacial score (nSPS) is 12.0. The summed E-state index contributed by atoms with van der Waals surface area (Å²) in [4.78, 5) is 9.83. The van der Waals surface area contributed by atoms with Gasteiger partial charge in [0.25, 0.3) is 0 Å². The molecule has 43 heavy (non-hydrogen) atoms. The maximum absolute atomic E-state index is 6.60. The van der Waals surface area contributed by atoms with Crippen molar-refractivity contribution in [2.24, 2.45) is 0 Å². The monoisotopic (exact) mass is 563 g/mol. The highest BCUT2D eigenvalue weighted by Crippen LogP contribution is 2.40. The summed E-state index contributed by atoms with van der Waals surface area (Å²) in [5.74, 6) is 1.66. The number of aromatic nitrogens is 3. The van der Waals surface area contributed by atoms with Gasteiger partial charge in [0.2, 0.25) is 0 Å². The smallest absolute Gasteiger partial charge is 0.146 e. The van der Waals surface area contributed by atoms with Crippen LogP contribution in [-0.2, 0) is 6.54 Å².